The minimum Gasteiger partial charge on any atom is -0.353 e. The number of nitrogens with one attached hydrogen (secondary N) is 2. The molecular formula is C25H30N4O3. The minimum atomic E-state index is -1.04. The molecule has 2 N–H and O–H groups in total. The Bertz CT molecular complexity index is 1030. The summed E-state index contributed by atoms with van der Waals surface area (Å²) in [5.41, 5.74) is 3.22. The molecule has 1 spiro atoms. The number of fused-ring (bicyclic) bond motifs is 2. The standard InChI is InChI=1S/C25H30N4O3/c1-4-17-9-11-19(12-10-17)21(28(2)3)15-26-22(30)16-29-23(31)25(27-24(29)32)14-13-18-7-5-6-8-20(18)25/h5-12,21H,4,13-16H2,1-3H3,(H,26,30)(H,27,32). The molecule has 7 nitrogen and oxygen atoms in total. The summed E-state index contributed by atoms with van der Waals surface area (Å²) < 4.78 is 0. The number of aryl methyl sites for hydroxylation is 2. The monoisotopic (exact) mass is 434 g/mol. The van der Waals surface area contributed by atoms with Crippen molar-refractivity contribution in [1.29, 1.82) is 0 Å². The Hall–Kier alpha value is -3.19. The molecule has 1 saturated heterocycles. The van der Waals surface area contributed by atoms with Gasteiger partial charge in [0.25, 0.3) is 5.91 Å². The first kappa shape index (κ1) is 22.0. The van der Waals surface area contributed by atoms with Gasteiger partial charge in [0.05, 0.1) is 6.04 Å². The zero-order valence-electron chi connectivity index (χ0n) is 18.9. The van der Waals surface area contributed by atoms with Crippen LogP contribution in [0.5, 0.6) is 0 Å². The molecule has 7 heteroatoms. The van der Waals surface area contributed by atoms with E-state index in [2.05, 4.69) is 41.8 Å². The van der Waals surface area contributed by atoms with Crippen molar-refractivity contribution in [3.8, 4) is 0 Å². The topological polar surface area (TPSA) is 81.8 Å². The van der Waals surface area contributed by atoms with Crippen LogP contribution in [-0.2, 0) is 28.0 Å². The Balaban J connectivity index is 1.41. The molecule has 0 bridgehead atoms. The van der Waals surface area contributed by atoms with Gasteiger partial charge in [0.2, 0.25) is 5.91 Å². The number of carbonyl (C=O) groups excluding carboxylic acids is 3. The summed E-state index contributed by atoms with van der Waals surface area (Å²) in [6, 6.07) is 15.5. The van der Waals surface area contributed by atoms with Gasteiger partial charge in [-0.1, -0.05) is 55.5 Å². The molecule has 1 heterocycles. The van der Waals surface area contributed by atoms with Crippen molar-refractivity contribution in [3.05, 3.63) is 70.8 Å². The lowest BCUT2D eigenvalue weighted by molar-refractivity contribution is -0.135. The van der Waals surface area contributed by atoms with Crippen molar-refractivity contribution in [2.75, 3.05) is 27.2 Å². The van der Waals surface area contributed by atoms with Crippen LogP contribution in [0, 0.1) is 0 Å². The molecule has 32 heavy (non-hydrogen) atoms. The summed E-state index contributed by atoms with van der Waals surface area (Å²) in [7, 11) is 3.92. The van der Waals surface area contributed by atoms with E-state index in [1.807, 2.05) is 43.3 Å². The molecule has 1 aliphatic carbocycles. The summed E-state index contributed by atoms with van der Waals surface area (Å²) in [5.74, 6) is -0.698. The Kier molecular flexibility index (Phi) is 6.02. The number of imide groups is 1. The van der Waals surface area contributed by atoms with Gasteiger partial charge < -0.3 is 15.5 Å². The summed E-state index contributed by atoms with van der Waals surface area (Å²) in [5, 5.41) is 5.76. The first-order chi connectivity index (χ1) is 15.4. The highest BCUT2D eigenvalue weighted by Gasteiger charge is 2.55. The van der Waals surface area contributed by atoms with Gasteiger partial charge in [0.15, 0.2) is 0 Å². The van der Waals surface area contributed by atoms with E-state index in [1.54, 1.807) is 0 Å². The molecule has 4 amide bonds. The fraction of sp³-hybridized carbons (Fsp3) is 0.400. The van der Waals surface area contributed by atoms with Crippen LogP contribution in [0.1, 0.15) is 41.6 Å². The SMILES string of the molecule is CCc1ccc(C(CNC(=O)CN2C(=O)NC3(CCc4ccccc43)C2=O)N(C)C)cc1. The van der Waals surface area contributed by atoms with Gasteiger partial charge in [-0.25, -0.2) is 4.79 Å². The third kappa shape index (κ3) is 3.88. The summed E-state index contributed by atoms with van der Waals surface area (Å²) >= 11 is 0. The van der Waals surface area contributed by atoms with Crippen LogP contribution in [0.4, 0.5) is 4.79 Å². The van der Waals surface area contributed by atoms with Crippen molar-refractivity contribution in [2.45, 2.75) is 37.8 Å². The van der Waals surface area contributed by atoms with Gasteiger partial charge in [-0.15, -0.1) is 0 Å². The maximum absolute atomic E-state index is 13.2. The molecule has 0 saturated carbocycles. The van der Waals surface area contributed by atoms with Gasteiger partial charge in [-0.2, -0.15) is 0 Å². The summed E-state index contributed by atoms with van der Waals surface area (Å²) in [6.45, 7) is 2.21. The quantitative estimate of drug-likeness (QED) is 0.656. The molecule has 4 rings (SSSR count). The van der Waals surface area contributed by atoms with Crippen molar-refractivity contribution in [1.82, 2.24) is 20.4 Å². The van der Waals surface area contributed by atoms with E-state index in [0.717, 1.165) is 34.4 Å². The van der Waals surface area contributed by atoms with E-state index < -0.39 is 11.6 Å². The van der Waals surface area contributed by atoms with Crippen molar-refractivity contribution < 1.29 is 14.4 Å². The second-order valence-corrected chi connectivity index (χ2v) is 8.76. The smallest absolute Gasteiger partial charge is 0.325 e. The van der Waals surface area contributed by atoms with Crippen LogP contribution in [0.25, 0.3) is 0 Å². The number of benzene rings is 2. The number of likely N-dealkylation sites (N-methyl/N-ethyl adjacent to an activating group) is 1. The lowest BCUT2D eigenvalue weighted by atomic mass is 9.92. The number of nitrogens with zero attached hydrogens (tertiary/aromatic N) is 2. The Labute approximate surface area is 188 Å². The highest BCUT2D eigenvalue weighted by Crippen LogP contribution is 2.41. The van der Waals surface area contributed by atoms with E-state index in [9.17, 15) is 14.4 Å². The molecule has 2 aromatic carbocycles. The maximum Gasteiger partial charge on any atom is 0.325 e. The van der Waals surface area contributed by atoms with Crippen LogP contribution in [0.3, 0.4) is 0 Å². The van der Waals surface area contributed by atoms with Crippen LogP contribution >= 0.6 is 0 Å². The van der Waals surface area contributed by atoms with Gasteiger partial charge in [-0.05, 0) is 55.6 Å². The first-order valence-corrected chi connectivity index (χ1v) is 11.1. The molecule has 0 aromatic heterocycles. The van der Waals surface area contributed by atoms with Crippen LogP contribution in [0.2, 0.25) is 0 Å². The molecule has 2 atom stereocenters. The number of urea groups is 1. The fourth-order valence-corrected chi connectivity index (χ4v) is 4.72. The number of carbonyl (C=O) groups is 3. The van der Waals surface area contributed by atoms with Crippen LogP contribution in [0.15, 0.2) is 48.5 Å². The maximum atomic E-state index is 13.2. The molecule has 1 aliphatic heterocycles. The second kappa shape index (κ2) is 8.74. The van der Waals surface area contributed by atoms with Gasteiger partial charge in [-0.3, -0.25) is 14.5 Å². The molecule has 1 fully saturated rings. The number of hydrogen-bond acceptors (Lipinski definition) is 4. The van der Waals surface area contributed by atoms with E-state index in [-0.39, 0.29) is 24.4 Å². The molecule has 2 aromatic rings. The molecule has 2 aliphatic rings. The normalized spacial score (nSPS) is 20.6. The minimum absolute atomic E-state index is 0.0130. The van der Waals surface area contributed by atoms with Crippen molar-refractivity contribution in [2.24, 2.45) is 0 Å². The second-order valence-electron chi connectivity index (χ2n) is 8.76. The fourth-order valence-electron chi connectivity index (χ4n) is 4.72. The van der Waals surface area contributed by atoms with Crippen molar-refractivity contribution in [3.63, 3.8) is 0 Å². The van der Waals surface area contributed by atoms with E-state index in [1.165, 1.54) is 5.56 Å². The van der Waals surface area contributed by atoms with E-state index in [0.29, 0.717) is 13.0 Å². The predicted molar refractivity (Wildman–Crippen MR) is 122 cm³/mol. The number of hydrogen-bond donors (Lipinski definition) is 2. The van der Waals surface area contributed by atoms with Crippen LogP contribution < -0.4 is 10.6 Å². The lowest BCUT2D eigenvalue weighted by Crippen LogP contribution is -2.45. The first-order valence-electron chi connectivity index (χ1n) is 11.1. The summed E-state index contributed by atoms with van der Waals surface area (Å²) in [4.78, 5) is 41.6. The van der Waals surface area contributed by atoms with Gasteiger partial charge in [0.1, 0.15) is 12.1 Å². The molecule has 0 radical (unpaired) electrons. The van der Waals surface area contributed by atoms with Gasteiger partial charge in [0, 0.05) is 6.54 Å². The Morgan fingerprint density at radius 2 is 1.88 bits per heavy atom. The third-order valence-corrected chi connectivity index (χ3v) is 6.61. The lowest BCUT2D eigenvalue weighted by Gasteiger charge is -2.26. The molecular weight excluding hydrogens is 404 g/mol. The zero-order valence-corrected chi connectivity index (χ0v) is 18.9. The van der Waals surface area contributed by atoms with Crippen LogP contribution in [-0.4, -0.2) is 54.8 Å². The largest absolute Gasteiger partial charge is 0.353 e. The Morgan fingerprint density at radius 1 is 1.16 bits per heavy atom. The van der Waals surface area contributed by atoms with E-state index in [4.69, 9.17) is 0 Å². The number of amides is 4. The zero-order chi connectivity index (χ0) is 22.9. The number of rotatable bonds is 7. The summed E-state index contributed by atoms with van der Waals surface area (Å²) in [6.07, 6.45) is 2.22. The van der Waals surface area contributed by atoms with E-state index >= 15 is 0 Å². The average Bonchev–Trinajstić information content (AvgIpc) is 3.27. The Morgan fingerprint density at radius 3 is 2.56 bits per heavy atom. The molecule has 2 unspecified atom stereocenters. The predicted octanol–water partition coefficient (Wildman–Crippen LogP) is 2.36. The molecule has 168 valence electrons. The van der Waals surface area contributed by atoms with Gasteiger partial charge >= 0.3 is 6.03 Å². The average molecular weight is 435 g/mol. The highest BCUT2D eigenvalue weighted by molar-refractivity contribution is 6.09. The third-order valence-electron chi connectivity index (χ3n) is 6.61. The van der Waals surface area contributed by atoms with Crippen molar-refractivity contribution >= 4 is 17.8 Å². The highest BCUT2D eigenvalue weighted by atomic mass is 16.2.